The Bertz CT molecular complexity index is 522. The molecule has 6 heteroatoms. The van der Waals surface area contributed by atoms with Gasteiger partial charge in [0.25, 0.3) is 0 Å². The first-order valence-electron chi connectivity index (χ1n) is 6.03. The molecule has 0 fully saturated rings. The van der Waals surface area contributed by atoms with Crippen molar-refractivity contribution in [2.24, 2.45) is 0 Å². The Labute approximate surface area is 113 Å². The predicted molar refractivity (Wildman–Crippen MR) is 72.5 cm³/mol. The van der Waals surface area contributed by atoms with Crippen molar-refractivity contribution in [3.8, 4) is 0 Å². The molecule has 0 aliphatic heterocycles. The van der Waals surface area contributed by atoms with Crippen LogP contribution in [-0.2, 0) is 25.9 Å². The molecular formula is C13H19NO4S. The monoisotopic (exact) mass is 285 g/mol. The van der Waals surface area contributed by atoms with Crippen LogP contribution in [0.3, 0.4) is 0 Å². The SMILES string of the molecule is CCOC(=O)C(C)NCc1ccc(S(C)(=O)=O)cc1. The summed E-state index contributed by atoms with van der Waals surface area (Å²) in [4.78, 5) is 11.7. The van der Waals surface area contributed by atoms with Gasteiger partial charge in [-0.15, -0.1) is 0 Å². The van der Waals surface area contributed by atoms with E-state index in [1.54, 1.807) is 38.1 Å². The second-order valence-electron chi connectivity index (χ2n) is 4.27. The highest BCUT2D eigenvalue weighted by molar-refractivity contribution is 7.90. The molecule has 0 aromatic heterocycles. The maximum atomic E-state index is 11.4. The van der Waals surface area contributed by atoms with E-state index in [2.05, 4.69) is 5.32 Å². The molecule has 1 rings (SSSR count). The zero-order chi connectivity index (χ0) is 14.5. The summed E-state index contributed by atoms with van der Waals surface area (Å²) in [6.45, 7) is 4.31. The van der Waals surface area contributed by atoms with Gasteiger partial charge in [-0.25, -0.2) is 8.42 Å². The smallest absolute Gasteiger partial charge is 0.322 e. The van der Waals surface area contributed by atoms with Crippen molar-refractivity contribution >= 4 is 15.8 Å². The number of carbonyl (C=O) groups is 1. The lowest BCUT2D eigenvalue weighted by Crippen LogP contribution is -2.34. The minimum atomic E-state index is -3.17. The third-order valence-corrected chi connectivity index (χ3v) is 3.73. The Kier molecular flexibility index (Phi) is 5.50. The molecule has 1 aromatic rings. The summed E-state index contributed by atoms with van der Waals surface area (Å²) in [6.07, 6.45) is 1.17. The molecule has 0 radical (unpaired) electrons. The summed E-state index contributed by atoms with van der Waals surface area (Å²) in [6, 6.07) is 6.17. The van der Waals surface area contributed by atoms with Crippen LogP contribution in [-0.4, -0.2) is 33.3 Å². The fraction of sp³-hybridized carbons (Fsp3) is 0.462. The van der Waals surface area contributed by atoms with Gasteiger partial charge in [0, 0.05) is 12.8 Å². The second-order valence-corrected chi connectivity index (χ2v) is 6.29. The molecule has 1 atom stereocenters. The first-order valence-corrected chi connectivity index (χ1v) is 7.92. The maximum Gasteiger partial charge on any atom is 0.322 e. The summed E-state index contributed by atoms with van der Waals surface area (Å²) in [5.41, 5.74) is 0.906. The van der Waals surface area contributed by atoms with E-state index in [4.69, 9.17) is 4.74 Å². The molecule has 106 valence electrons. The van der Waals surface area contributed by atoms with Gasteiger partial charge in [-0.2, -0.15) is 0 Å². The van der Waals surface area contributed by atoms with Crippen LogP contribution in [0.1, 0.15) is 19.4 Å². The molecule has 5 nitrogen and oxygen atoms in total. The number of benzene rings is 1. The number of nitrogens with one attached hydrogen (secondary N) is 1. The van der Waals surface area contributed by atoms with E-state index in [0.717, 1.165) is 5.56 Å². The average molecular weight is 285 g/mol. The van der Waals surface area contributed by atoms with Gasteiger partial charge >= 0.3 is 5.97 Å². The van der Waals surface area contributed by atoms with Gasteiger partial charge < -0.3 is 10.1 Å². The Morgan fingerprint density at radius 3 is 2.37 bits per heavy atom. The van der Waals surface area contributed by atoms with Crippen LogP contribution in [0, 0.1) is 0 Å². The Hall–Kier alpha value is -1.40. The molecule has 0 saturated carbocycles. The lowest BCUT2D eigenvalue weighted by Gasteiger charge is -2.12. The lowest BCUT2D eigenvalue weighted by molar-refractivity contribution is -0.145. The van der Waals surface area contributed by atoms with Crippen LogP contribution in [0.4, 0.5) is 0 Å². The number of hydrogen-bond acceptors (Lipinski definition) is 5. The van der Waals surface area contributed by atoms with Gasteiger partial charge in [0.15, 0.2) is 9.84 Å². The van der Waals surface area contributed by atoms with E-state index in [1.165, 1.54) is 6.26 Å². The third-order valence-electron chi connectivity index (χ3n) is 2.60. The van der Waals surface area contributed by atoms with Gasteiger partial charge in [0.2, 0.25) is 0 Å². The van der Waals surface area contributed by atoms with Gasteiger partial charge in [-0.1, -0.05) is 12.1 Å². The van der Waals surface area contributed by atoms with Crippen LogP contribution in [0.25, 0.3) is 0 Å². The number of hydrogen-bond donors (Lipinski definition) is 1. The Morgan fingerprint density at radius 2 is 1.89 bits per heavy atom. The van der Waals surface area contributed by atoms with E-state index >= 15 is 0 Å². The first-order chi connectivity index (χ1) is 8.84. The molecule has 1 unspecified atom stereocenters. The molecule has 0 amide bonds. The number of ether oxygens (including phenoxy) is 1. The molecular weight excluding hydrogens is 266 g/mol. The largest absolute Gasteiger partial charge is 0.465 e. The minimum Gasteiger partial charge on any atom is -0.465 e. The summed E-state index contributed by atoms with van der Waals surface area (Å²) >= 11 is 0. The van der Waals surface area contributed by atoms with Crippen molar-refractivity contribution in [3.63, 3.8) is 0 Å². The molecule has 0 aliphatic carbocycles. The summed E-state index contributed by atoms with van der Waals surface area (Å²) < 4.78 is 27.5. The van der Waals surface area contributed by atoms with E-state index < -0.39 is 15.9 Å². The summed E-state index contributed by atoms with van der Waals surface area (Å²) in [5.74, 6) is -0.296. The molecule has 0 aliphatic rings. The number of rotatable bonds is 6. The quantitative estimate of drug-likeness (QED) is 0.793. The zero-order valence-electron chi connectivity index (χ0n) is 11.3. The molecule has 0 bridgehead atoms. The lowest BCUT2D eigenvalue weighted by atomic mass is 10.2. The Balaban J connectivity index is 2.57. The molecule has 19 heavy (non-hydrogen) atoms. The highest BCUT2D eigenvalue weighted by Gasteiger charge is 2.13. The van der Waals surface area contributed by atoms with Crippen LogP contribution in [0.2, 0.25) is 0 Å². The van der Waals surface area contributed by atoms with Gasteiger partial charge in [-0.05, 0) is 31.5 Å². The van der Waals surface area contributed by atoms with Crippen molar-refractivity contribution in [1.82, 2.24) is 5.32 Å². The normalized spacial score (nSPS) is 13.0. The zero-order valence-corrected chi connectivity index (χ0v) is 12.2. The van der Waals surface area contributed by atoms with Crippen molar-refractivity contribution in [2.45, 2.75) is 31.3 Å². The Morgan fingerprint density at radius 1 is 1.32 bits per heavy atom. The number of carbonyl (C=O) groups excluding carboxylic acids is 1. The molecule has 0 heterocycles. The highest BCUT2D eigenvalue weighted by atomic mass is 32.2. The minimum absolute atomic E-state index is 0.287. The van der Waals surface area contributed by atoms with E-state index in [9.17, 15) is 13.2 Å². The first kappa shape index (κ1) is 15.7. The summed E-state index contributed by atoms with van der Waals surface area (Å²) in [7, 11) is -3.17. The van der Waals surface area contributed by atoms with E-state index in [1.807, 2.05) is 0 Å². The highest BCUT2D eigenvalue weighted by Crippen LogP contribution is 2.10. The van der Waals surface area contributed by atoms with Crippen molar-refractivity contribution in [2.75, 3.05) is 12.9 Å². The second kappa shape index (κ2) is 6.68. The van der Waals surface area contributed by atoms with Crippen LogP contribution in [0.15, 0.2) is 29.2 Å². The predicted octanol–water partition coefficient (Wildman–Crippen LogP) is 1.13. The van der Waals surface area contributed by atoms with Gasteiger partial charge in [-0.3, -0.25) is 4.79 Å². The standard InChI is InChI=1S/C13H19NO4S/c1-4-18-13(15)10(2)14-9-11-5-7-12(8-6-11)19(3,16)17/h5-8,10,14H,4,9H2,1-3H3. The number of sulfone groups is 1. The van der Waals surface area contributed by atoms with Crippen molar-refractivity contribution in [1.29, 1.82) is 0 Å². The van der Waals surface area contributed by atoms with Crippen LogP contribution < -0.4 is 5.32 Å². The van der Waals surface area contributed by atoms with E-state index in [-0.39, 0.29) is 10.9 Å². The van der Waals surface area contributed by atoms with Crippen LogP contribution >= 0.6 is 0 Å². The molecule has 1 aromatic carbocycles. The van der Waals surface area contributed by atoms with Gasteiger partial charge in [0.1, 0.15) is 6.04 Å². The fourth-order valence-corrected chi connectivity index (χ4v) is 2.11. The number of esters is 1. The van der Waals surface area contributed by atoms with E-state index in [0.29, 0.717) is 13.2 Å². The molecule has 0 spiro atoms. The van der Waals surface area contributed by atoms with Crippen LogP contribution in [0.5, 0.6) is 0 Å². The topological polar surface area (TPSA) is 72.5 Å². The maximum absolute atomic E-state index is 11.4. The molecule has 0 saturated heterocycles. The third kappa shape index (κ3) is 5.00. The average Bonchev–Trinajstić information content (AvgIpc) is 2.35. The molecule has 1 N–H and O–H groups in total. The summed E-state index contributed by atoms with van der Waals surface area (Å²) in [5, 5.41) is 3.02. The van der Waals surface area contributed by atoms with Crippen molar-refractivity contribution in [3.05, 3.63) is 29.8 Å². The fourth-order valence-electron chi connectivity index (χ4n) is 1.48. The van der Waals surface area contributed by atoms with Gasteiger partial charge in [0.05, 0.1) is 11.5 Å². The van der Waals surface area contributed by atoms with Crippen molar-refractivity contribution < 1.29 is 17.9 Å².